The third-order valence-corrected chi connectivity index (χ3v) is 7.20. The van der Waals surface area contributed by atoms with E-state index in [4.69, 9.17) is 4.74 Å². The van der Waals surface area contributed by atoms with Crippen molar-refractivity contribution in [1.29, 1.82) is 0 Å². The molecule has 2 heterocycles. The molecule has 6 nitrogen and oxygen atoms in total. The molecule has 0 bridgehead atoms. The fourth-order valence-corrected chi connectivity index (χ4v) is 5.45. The van der Waals surface area contributed by atoms with E-state index in [1.165, 1.54) is 11.6 Å². The standard InChI is InChI=1S/C21H24N2O4S.ClH/c24-21-18-8-2-4-10-20(18)28(25,26)23(21)14-6-5-13-22-15-17-12-11-16-7-1-3-9-19(16)27-17;/h1-4,7-10,17,22H,5-6,11-15H2;1H/t17-;/m1./s1/i1+2,3+2,7+2,9+2,16+2,19+2;. The van der Waals surface area contributed by atoms with Gasteiger partial charge in [0.2, 0.25) is 0 Å². The molecule has 0 saturated heterocycles. The highest BCUT2D eigenvalue weighted by molar-refractivity contribution is 7.90. The molecule has 29 heavy (non-hydrogen) atoms. The number of carbonyl (C=O) groups is 1. The molecule has 0 aromatic heterocycles. The summed E-state index contributed by atoms with van der Waals surface area (Å²) >= 11 is 0. The molecule has 0 unspecified atom stereocenters. The molecule has 0 aliphatic carbocycles. The lowest BCUT2D eigenvalue weighted by molar-refractivity contribution is -0.660. The smallest absolute Gasteiger partial charge is 0.269 e. The van der Waals surface area contributed by atoms with E-state index in [0.717, 1.165) is 42.4 Å². The van der Waals surface area contributed by atoms with Gasteiger partial charge in [-0.2, -0.15) is 0 Å². The number of nitrogens with zero attached hydrogens (tertiary/aromatic N) is 1. The van der Waals surface area contributed by atoms with Crippen LogP contribution in [0.4, 0.5) is 0 Å². The highest BCUT2D eigenvalue weighted by Gasteiger charge is 2.40. The lowest BCUT2D eigenvalue weighted by Gasteiger charge is -2.24. The van der Waals surface area contributed by atoms with Gasteiger partial charge >= 0.3 is 0 Å². The molecule has 2 aliphatic rings. The van der Waals surface area contributed by atoms with Crippen molar-refractivity contribution in [3.63, 3.8) is 0 Å². The number of unbranched alkanes of at least 4 members (excludes halogenated alkanes) is 1. The maximum atomic E-state index is 12.5. The Kier molecular flexibility index (Phi) is 6.82. The van der Waals surface area contributed by atoms with Crippen LogP contribution in [-0.2, 0) is 16.4 Å². The minimum atomic E-state index is -3.68. The molecule has 2 aliphatic heterocycles. The molecule has 0 radical (unpaired) electrons. The first kappa shape index (κ1) is 21.6. The summed E-state index contributed by atoms with van der Waals surface area (Å²) in [5, 5.41) is 2.22. The number of hydrogen-bond donors (Lipinski definition) is 1. The summed E-state index contributed by atoms with van der Waals surface area (Å²) in [6.07, 6.45) is 3.78. The van der Waals surface area contributed by atoms with E-state index in [1.807, 2.05) is 18.2 Å². The summed E-state index contributed by atoms with van der Waals surface area (Å²) in [6, 6.07) is 14.6. The van der Waals surface area contributed by atoms with Crippen LogP contribution in [0, 0.1) is 0 Å². The highest BCUT2D eigenvalue weighted by atomic mass is 35.5. The lowest BCUT2D eigenvalue weighted by atomic mass is 10.2. The summed E-state index contributed by atoms with van der Waals surface area (Å²) in [6.45, 7) is 2.01. The zero-order valence-electron chi connectivity index (χ0n) is 16.1. The van der Waals surface area contributed by atoms with Crippen LogP contribution in [0.2, 0.25) is 0 Å². The van der Waals surface area contributed by atoms with Gasteiger partial charge in [0.1, 0.15) is 23.3 Å². The maximum absolute atomic E-state index is 12.5. The largest absolute Gasteiger partial charge is 1.00 e. The highest BCUT2D eigenvalue weighted by Crippen LogP contribution is 2.30. The van der Waals surface area contributed by atoms with Gasteiger partial charge in [-0.3, -0.25) is 4.79 Å². The number of amides is 1. The van der Waals surface area contributed by atoms with Crippen molar-refractivity contribution < 1.29 is 35.7 Å². The second-order valence-corrected chi connectivity index (χ2v) is 9.12. The van der Waals surface area contributed by atoms with Crippen LogP contribution in [0.1, 0.15) is 35.2 Å². The van der Waals surface area contributed by atoms with Crippen LogP contribution in [0.25, 0.3) is 0 Å². The summed E-state index contributed by atoms with van der Waals surface area (Å²) < 4.78 is 32.1. The predicted molar refractivity (Wildman–Crippen MR) is 105 cm³/mol. The average molecular weight is 449 g/mol. The molecule has 0 spiro atoms. The van der Waals surface area contributed by atoms with Crippen LogP contribution in [0.3, 0.4) is 0 Å². The molecule has 0 fully saturated rings. The number of benzene rings is 2. The van der Waals surface area contributed by atoms with Gasteiger partial charge < -0.3 is 22.5 Å². The normalized spacial score (nSPS) is 19.1. The number of hydrogen-bond acceptors (Lipinski definition) is 4. The number of nitrogens with two attached hydrogens (primary N) is 1. The quantitative estimate of drug-likeness (QED) is 0.527. The molecule has 4 rings (SSSR count). The van der Waals surface area contributed by atoms with Crippen molar-refractivity contribution in [2.45, 2.75) is 36.7 Å². The van der Waals surface area contributed by atoms with Gasteiger partial charge in [-0.15, -0.1) is 0 Å². The third kappa shape index (κ3) is 4.42. The molecular weight excluding hydrogens is 424 g/mol. The van der Waals surface area contributed by atoms with Gasteiger partial charge in [0, 0.05) is 6.54 Å². The minimum Gasteiger partial charge on any atom is -1.00 e. The van der Waals surface area contributed by atoms with Gasteiger partial charge in [0.15, 0.2) is 0 Å². The Morgan fingerprint density at radius 1 is 1.21 bits per heavy atom. The fourth-order valence-electron chi connectivity index (χ4n) is 3.85. The van der Waals surface area contributed by atoms with Gasteiger partial charge in [-0.1, -0.05) is 30.3 Å². The van der Waals surface area contributed by atoms with Crippen molar-refractivity contribution in [3.8, 4) is 5.75 Å². The Hall–Kier alpha value is -2.09. The molecule has 1 atom stereocenters. The van der Waals surface area contributed by atoms with E-state index in [0.29, 0.717) is 6.42 Å². The number of halogens is 1. The Bertz CT molecular complexity index is 980. The van der Waals surface area contributed by atoms with Gasteiger partial charge in [0.05, 0.1) is 12.1 Å². The number of para-hydroxylation sites is 1. The molecule has 0 saturated carbocycles. The first-order chi connectivity index (χ1) is 13.6. The Balaban J connectivity index is 0.00000240. The van der Waals surface area contributed by atoms with Crippen LogP contribution < -0.4 is 22.5 Å². The first-order valence-electron chi connectivity index (χ1n) is 9.80. The number of quaternary nitrogens is 1. The number of aryl methyl sites for hydroxylation is 1. The van der Waals surface area contributed by atoms with E-state index in [9.17, 15) is 13.2 Å². The summed E-state index contributed by atoms with van der Waals surface area (Å²) in [5.74, 6) is 0.582. The first-order valence-corrected chi connectivity index (χ1v) is 11.2. The molecule has 2 aromatic rings. The minimum absolute atomic E-state index is 0. The zero-order chi connectivity index (χ0) is 19.6. The monoisotopic (exact) mass is 448 g/mol. The zero-order valence-corrected chi connectivity index (χ0v) is 17.7. The van der Waals surface area contributed by atoms with Gasteiger partial charge in [0.25, 0.3) is 15.9 Å². The fraction of sp³-hybridized carbons (Fsp3) is 0.381. The lowest BCUT2D eigenvalue weighted by Crippen LogP contribution is -3.00. The van der Waals surface area contributed by atoms with Crippen molar-refractivity contribution in [3.05, 3.63) is 59.7 Å². The van der Waals surface area contributed by atoms with Crippen molar-refractivity contribution in [2.75, 3.05) is 19.6 Å². The number of carbonyl (C=O) groups excluding carboxylic acids is 1. The summed E-state index contributed by atoms with van der Waals surface area (Å²) in [4.78, 5) is 12.5. The second-order valence-electron chi connectivity index (χ2n) is 7.28. The Morgan fingerprint density at radius 2 is 2.00 bits per heavy atom. The van der Waals surface area contributed by atoms with E-state index in [1.54, 1.807) is 18.2 Å². The van der Waals surface area contributed by atoms with E-state index < -0.39 is 15.9 Å². The molecular formula is C21H25ClN2O4S. The SMILES string of the molecule is O=C1c2ccccc2S(=O)(=O)N1CCCC[NH2+]C[C@H]1CC[14c]2[14cH][14cH][14cH][14cH][14c]2O1.[Cl-]. The van der Waals surface area contributed by atoms with Crippen molar-refractivity contribution in [2.24, 2.45) is 0 Å². The number of fused-ring (bicyclic) bond motifs is 2. The van der Waals surface area contributed by atoms with E-state index in [2.05, 4.69) is 11.4 Å². The Labute approximate surface area is 177 Å². The van der Waals surface area contributed by atoms with Gasteiger partial charge in [-0.25, -0.2) is 12.7 Å². The summed E-state index contributed by atoms with van der Waals surface area (Å²) in [7, 11) is -3.68. The third-order valence-electron chi connectivity index (χ3n) is 5.36. The van der Waals surface area contributed by atoms with Crippen LogP contribution in [0.15, 0.2) is 53.4 Å². The molecule has 2 N–H and O–H groups in total. The second kappa shape index (κ2) is 9.15. The van der Waals surface area contributed by atoms with E-state index in [-0.39, 0.29) is 35.5 Å². The topological polar surface area (TPSA) is 80.3 Å². The van der Waals surface area contributed by atoms with Crippen molar-refractivity contribution in [1.82, 2.24) is 4.31 Å². The number of ether oxygens (including phenoxy) is 1. The van der Waals surface area contributed by atoms with Gasteiger partial charge in [-0.05, 0) is 49.4 Å². The summed E-state index contributed by atoms with van der Waals surface area (Å²) in [5.41, 5.74) is 1.56. The number of sulfonamides is 1. The number of rotatable bonds is 7. The predicted octanol–water partition coefficient (Wildman–Crippen LogP) is -1.43. The molecule has 156 valence electrons. The van der Waals surface area contributed by atoms with Crippen LogP contribution in [0.5, 0.6) is 5.75 Å². The maximum Gasteiger partial charge on any atom is 0.269 e. The molecule has 2 aromatic carbocycles. The van der Waals surface area contributed by atoms with Crippen LogP contribution in [-0.4, -0.2) is 44.4 Å². The average Bonchev–Trinajstić information content (AvgIpc) is 2.91. The molecule has 1 amide bonds. The van der Waals surface area contributed by atoms with Crippen LogP contribution >= 0.6 is 0 Å². The molecule has 8 heteroatoms. The van der Waals surface area contributed by atoms with E-state index >= 15 is 0 Å². The Morgan fingerprint density at radius 3 is 2.83 bits per heavy atom. The van der Waals surface area contributed by atoms with Crippen molar-refractivity contribution >= 4 is 15.9 Å².